The van der Waals surface area contributed by atoms with Gasteiger partial charge in [0.25, 0.3) is 5.91 Å². The summed E-state index contributed by atoms with van der Waals surface area (Å²) in [6.45, 7) is 10.4. The predicted molar refractivity (Wildman–Crippen MR) is 181 cm³/mol. The van der Waals surface area contributed by atoms with Gasteiger partial charge in [0.05, 0.1) is 23.2 Å². The van der Waals surface area contributed by atoms with Crippen LogP contribution in [0.25, 0.3) is 17.0 Å². The van der Waals surface area contributed by atoms with E-state index in [0.717, 1.165) is 10.9 Å². The Labute approximate surface area is 285 Å². The van der Waals surface area contributed by atoms with Gasteiger partial charge in [0.1, 0.15) is 24.2 Å². The lowest BCUT2D eigenvalue weighted by Gasteiger charge is -2.35. The Morgan fingerprint density at radius 1 is 1.12 bits per heavy atom. The predicted octanol–water partition coefficient (Wildman–Crippen LogP) is 3.00. The molecule has 4 rings (SSSR count). The van der Waals surface area contributed by atoms with E-state index in [0.29, 0.717) is 24.1 Å². The van der Waals surface area contributed by atoms with Crippen molar-refractivity contribution in [2.24, 2.45) is 11.3 Å². The number of carbonyl (C=O) groups is 5. The SMILES string of the molecule is CC(=O)O[C@H](C)c1ccc2ccc(C=CC(C)(C)C(=O)N[C@H](C(=O)N[C@@H](Cn3cccn3)C(=O)N3CCC[C@@H](C(=O)O)N3)C(C)C)cc2n1. The number of carboxylic acids is 1. The summed E-state index contributed by atoms with van der Waals surface area (Å²) in [4.78, 5) is 68.5. The van der Waals surface area contributed by atoms with Crippen molar-refractivity contribution in [3.63, 3.8) is 0 Å². The van der Waals surface area contributed by atoms with Crippen molar-refractivity contribution in [2.75, 3.05) is 6.54 Å². The molecule has 0 unspecified atom stereocenters. The van der Waals surface area contributed by atoms with Crippen LogP contribution in [0.5, 0.6) is 0 Å². The Morgan fingerprint density at radius 2 is 1.86 bits per heavy atom. The van der Waals surface area contributed by atoms with Crippen molar-refractivity contribution in [2.45, 2.75) is 85.2 Å². The van der Waals surface area contributed by atoms with Crippen LogP contribution in [0.15, 0.2) is 54.9 Å². The van der Waals surface area contributed by atoms with Gasteiger partial charge in [0.2, 0.25) is 11.8 Å². The fraction of sp³-hybridized carbons (Fsp3) is 0.457. The van der Waals surface area contributed by atoms with Crippen LogP contribution in [0.4, 0.5) is 0 Å². The number of fused-ring (bicyclic) bond motifs is 1. The summed E-state index contributed by atoms with van der Waals surface area (Å²) in [7, 11) is 0. The maximum Gasteiger partial charge on any atom is 0.322 e. The third-order valence-electron chi connectivity index (χ3n) is 8.30. The van der Waals surface area contributed by atoms with Crippen LogP contribution in [-0.2, 0) is 35.3 Å². The minimum atomic E-state index is -1.09. The van der Waals surface area contributed by atoms with E-state index in [1.54, 1.807) is 59.2 Å². The van der Waals surface area contributed by atoms with Crippen LogP contribution in [0.1, 0.15) is 71.7 Å². The number of nitrogens with zero attached hydrogens (tertiary/aromatic N) is 4. The summed E-state index contributed by atoms with van der Waals surface area (Å²) >= 11 is 0. The molecule has 1 aliphatic heterocycles. The molecule has 1 aromatic carbocycles. The zero-order valence-electron chi connectivity index (χ0n) is 28.7. The lowest BCUT2D eigenvalue weighted by molar-refractivity contribution is -0.149. The summed E-state index contributed by atoms with van der Waals surface area (Å²) in [5.74, 6) is -3.25. The molecule has 14 nitrogen and oxygen atoms in total. The number of carbonyl (C=O) groups excluding carboxylic acids is 4. The van der Waals surface area contributed by atoms with Crippen LogP contribution in [0.3, 0.4) is 0 Å². The molecule has 0 spiro atoms. The lowest BCUT2D eigenvalue weighted by atomic mass is 9.89. The molecule has 1 saturated heterocycles. The molecule has 3 heterocycles. The number of amides is 3. The number of carboxylic acid groups (broad SMARTS) is 1. The lowest BCUT2D eigenvalue weighted by Crippen LogP contribution is -2.62. The molecule has 14 heteroatoms. The average molecular weight is 676 g/mol. The Morgan fingerprint density at radius 3 is 2.51 bits per heavy atom. The van der Waals surface area contributed by atoms with E-state index in [1.165, 1.54) is 16.6 Å². The van der Waals surface area contributed by atoms with E-state index in [1.807, 2.05) is 36.4 Å². The quantitative estimate of drug-likeness (QED) is 0.196. The molecule has 4 N–H and O–H groups in total. The van der Waals surface area contributed by atoms with Gasteiger partial charge >= 0.3 is 11.9 Å². The number of aromatic nitrogens is 3. The highest BCUT2D eigenvalue weighted by atomic mass is 16.5. The van der Waals surface area contributed by atoms with E-state index in [2.05, 4.69) is 26.1 Å². The minimum absolute atomic E-state index is 0.00522. The first-order valence-electron chi connectivity index (χ1n) is 16.3. The monoisotopic (exact) mass is 675 g/mol. The van der Waals surface area contributed by atoms with Crippen molar-refractivity contribution >= 4 is 46.6 Å². The molecule has 4 atom stereocenters. The molecule has 0 aliphatic carbocycles. The highest BCUT2D eigenvalue weighted by molar-refractivity contribution is 5.94. The van der Waals surface area contributed by atoms with E-state index < -0.39 is 59.3 Å². The van der Waals surface area contributed by atoms with E-state index in [9.17, 15) is 29.1 Å². The molecule has 1 aliphatic rings. The number of ether oxygens (including phenoxy) is 1. The maximum atomic E-state index is 13.7. The van der Waals surface area contributed by atoms with Gasteiger partial charge < -0.3 is 20.5 Å². The largest absolute Gasteiger partial charge is 0.480 e. The molecule has 49 heavy (non-hydrogen) atoms. The fourth-order valence-electron chi connectivity index (χ4n) is 5.39. The van der Waals surface area contributed by atoms with Gasteiger partial charge in [0.15, 0.2) is 0 Å². The first-order valence-corrected chi connectivity index (χ1v) is 16.3. The molecule has 3 aromatic rings. The van der Waals surface area contributed by atoms with Crippen LogP contribution < -0.4 is 16.1 Å². The van der Waals surface area contributed by atoms with Gasteiger partial charge in [0, 0.05) is 31.2 Å². The zero-order valence-corrected chi connectivity index (χ0v) is 28.7. The Bertz CT molecular complexity index is 1700. The average Bonchev–Trinajstić information content (AvgIpc) is 3.57. The molecule has 3 amide bonds. The Hall–Kier alpha value is -5.11. The van der Waals surface area contributed by atoms with Gasteiger partial charge in [-0.3, -0.25) is 33.7 Å². The number of esters is 1. The second-order valence-electron chi connectivity index (χ2n) is 13.1. The van der Waals surface area contributed by atoms with Crippen LogP contribution >= 0.6 is 0 Å². The molecule has 2 aromatic heterocycles. The summed E-state index contributed by atoms with van der Waals surface area (Å²) < 4.78 is 6.76. The van der Waals surface area contributed by atoms with E-state index >= 15 is 0 Å². The Kier molecular flexibility index (Phi) is 11.9. The smallest absolute Gasteiger partial charge is 0.322 e. The topological polar surface area (TPSA) is 185 Å². The van der Waals surface area contributed by atoms with Gasteiger partial charge in [-0.25, -0.2) is 10.4 Å². The van der Waals surface area contributed by atoms with Crippen LogP contribution in [0.2, 0.25) is 0 Å². The number of aliphatic carboxylic acids is 1. The van der Waals surface area contributed by atoms with Crippen molar-refractivity contribution in [1.29, 1.82) is 0 Å². The normalized spacial score (nSPS) is 17.0. The number of hydrogen-bond donors (Lipinski definition) is 4. The third-order valence-corrected chi connectivity index (χ3v) is 8.30. The minimum Gasteiger partial charge on any atom is -0.480 e. The molecule has 0 bridgehead atoms. The summed E-state index contributed by atoms with van der Waals surface area (Å²) in [5, 5.41) is 21.4. The molecular formula is C35H45N7O7. The second-order valence-corrected chi connectivity index (χ2v) is 13.1. The molecule has 262 valence electrons. The fourth-order valence-corrected chi connectivity index (χ4v) is 5.39. The number of benzene rings is 1. The number of nitrogens with one attached hydrogen (secondary N) is 3. The highest BCUT2D eigenvalue weighted by Gasteiger charge is 2.36. The highest BCUT2D eigenvalue weighted by Crippen LogP contribution is 2.24. The number of rotatable bonds is 13. The number of hydrazine groups is 1. The second kappa shape index (κ2) is 15.9. The van der Waals surface area contributed by atoms with Gasteiger partial charge in [-0.15, -0.1) is 0 Å². The van der Waals surface area contributed by atoms with Crippen molar-refractivity contribution in [3.05, 3.63) is 66.1 Å². The summed E-state index contributed by atoms with van der Waals surface area (Å²) in [5.41, 5.74) is 3.83. The number of pyridine rings is 1. The number of hydrogen-bond acceptors (Lipinski definition) is 9. The van der Waals surface area contributed by atoms with Crippen molar-refractivity contribution in [1.82, 2.24) is 35.8 Å². The van der Waals surface area contributed by atoms with Crippen LogP contribution in [-0.4, -0.2) is 79.2 Å². The molecule has 0 saturated carbocycles. The molecule has 1 fully saturated rings. The summed E-state index contributed by atoms with van der Waals surface area (Å²) in [6.07, 6.45) is 7.11. The maximum absolute atomic E-state index is 13.7. The van der Waals surface area contributed by atoms with Crippen LogP contribution in [0, 0.1) is 11.3 Å². The van der Waals surface area contributed by atoms with E-state index in [4.69, 9.17) is 4.74 Å². The first-order chi connectivity index (χ1) is 23.1. The molecular weight excluding hydrogens is 630 g/mol. The molecule has 0 radical (unpaired) electrons. The van der Waals surface area contributed by atoms with Crippen molar-refractivity contribution < 1.29 is 33.8 Å². The van der Waals surface area contributed by atoms with Gasteiger partial charge in [-0.1, -0.05) is 44.2 Å². The van der Waals surface area contributed by atoms with Gasteiger partial charge in [-0.2, -0.15) is 5.10 Å². The first kappa shape index (κ1) is 36.7. The Balaban J connectivity index is 1.47. The van der Waals surface area contributed by atoms with Crippen molar-refractivity contribution in [3.8, 4) is 0 Å². The van der Waals surface area contributed by atoms with E-state index in [-0.39, 0.29) is 19.0 Å². The third kappa shape index (κ3) is 9.72. The summed E-state index contributed by atoms with van der Waals surface area (Å²) in [6, 6.07) is 8.12. The zero-order chi connectivity index (χ0) is 35.9. The standard InChI is InChI=1S/C35H45N7O7/c1-21(2)30(31(44)38-29(20-41-17-8-16-36-41)32(45)42-18-7-9-27(40-42)33(46)47)39-34(48)35(5,6)15-14-24-10-11-25-12-13-26(37-28(25)19-24)22(3)49-23(4)43/h8,10-17,19,21-22,27,29-30,40H,7,9,18,20H2,1-6H3,(H,38,44)(H,39,48)(H,46,47)/t22-,27+,29+,30+/m1/s1. The van der Waals surface area contributed by atoms with Gasteiger partial charge in [-0.05, 0) is 63.3 Å².